The summed E-state index contributed by atoms with van der Waals surface area (Å²) in [6.07, 6.45) is 0. The van der Waals surface area contributed by atoms with Gasteiger partial charge in [-0.1, -0.05) is 18.2 Å². The predicted octanol–water partition coefficient (Wildman–Crippen LogP) is 1.93. The van der Waals surface area contributed by atoms with E-state index in [2.05, 4.69) is 10.6 Å². The summed E-state index contributed by atoms with van der Waals surface area (Å²) in [5.74, 6) is -0.942. The van der Waals surface area contributed by atoms with E-state index in [0.717, 1.165) is 0 Å². The zero-order chi connectivity index (χ0) is 14.4. The molecule has 0 aliphatic carbocycles. The Hall–Kier alpha value is -2.21. The molecule has 2 rings (SSSR count). The van der Waals surface area contributed by atoms with Gasteiger partial charge >= 0.3 is 0 Å². The molecular formula is C14H13FN2O2S. The van der Waals surface area contributed by atoms with Gasteiger partial charge in [0, 0.05) is 6.54 Å². The van der Waals surface area contributed by atoms with Gasteiger partial charge in [0.2, 0.25) is 5.91 Å². The van der Waals surface area contributed by atoms with Crippen LogP contribution in [-0.2, 0) is 11.3 Å². The Kier molecular flexibility index (Phi) is 4.84. The fourth-order valence-corrected chi connectivity index (χ4v) is 2.21. The third kappa shape index (κ3) is 4.17. The van der Waals surface area contributed by atoms with E-state index in [-0.39, 0.29) is 30.7 Å². The predicted molar refractivity (Wildman–Crippen MR) is 74.9 cm³/mol. The molecule has 0 aliphatic rings. The molecule has 0 unspecified atom stereocenters. The van der Waals surface area contributed by atoms with Gasteiger partial charge in [0.15, 0.2) is 0 Å². The van der Waals surface area contributed by atoms with Crippen molar-refractivity contribution in [1.82, 2.24) is 10.6 Å². The van der Waals surface area contributed by atoms with Crippen LogP contribution in [0.2, 0.25) is 0 Å². The second kappa shape index (κ2) is 6.81. The first-order valence-corrected chi connectivity index (χ1v) is 6.86. The standard InChI is InChI=1S/C14H13FN2O2S/c15-11-4-1-3-10(7-11)8-16-13(18)9-17-14(19)12-5-2-6-20-12/h1-7H,8-9H2,(H,16,18)(H,17,19). The second-order valence-electron chi connectivity index (χ2n) is 4.07. The molecule has 4 nitrogen and oxygen atoms in total. The van der Waals surface area contributed by atoms with Gasteiger partial charge in [-0.2, -0.15) is 0 Å². The molecule has 2 amide bonds. The summed E-state index contributed by atoms with van der Waals surface area (Å²) in [6.45, 7) is 0.123. The largest absolute Gasteiger partial charge is 0.350 e. The van der Waals surface area contributed by atoms with Crippen LogP contribution in [0.25, 0.3) is 0 Å². The highest BCUT2D eigenvalue weighted by Crippen LogP contribution is 2.07. The van der Waals surface area contributed by atoms with Gasteiger partial charge in [0.05, 0.1) is 11.4 Å². The summed E-state index contributed by atoms with van der Waals surface area (Å²) < 4.78 is 12.9. The van der Waals surface area contributed by atoms with E-state index in [1.54, 1.807) is 29.6 Å². The average Bonchev–Trinajstić information content (AvgIpc) is 2.97. The van der Waals surface area contributed by atoms with Crippen molar-refractivity contribution in [3.63, 3.8) is 0 Å². The lowest BCUT2D eigenvalue weighted by molar-refractivity contribution is -0.120. The van der Waals surface area contributed by atoms with Crippen molar-refractivity contribution in [3.8, 4) is 0 Å². The van der Waals surface area contributed by atoms with Crippen LogP contribution in [0.15, 0.2) is 41.8 Å². The number of rotatable bonds is 5. The number of carbonyl (C=O) groups is 2. The maximum Gasteiger partial charge on any atom is 0.261 e. The van der Waals surface area contributed by atoms with Crippen LogP contribution in [0.4, 0.5) is 4.39 Å². The molecule has 0 aliphatic heterocycles. The Bertz CT molecular complexity index is 599. The first-order chi connectivity index (χ1) is 9.65. The maximum absolute atomic E-state index is 12.9. The van der Waals surface area contributed by atoms with Gasteiger partial charge in [0.1, 0.15) is 5.82 Å². The number of hydrogen-bond donors (Lipinski definition) is 2. The smallest absolute Gasteiger partial charge is 0.261 e. The van der Waals surface area contributed by atoms with Crippen LogP contribution in [-0.4, -0.2) is 18.4 Å². The summed E-state index contributed by atoms with van der Waals surface area (Å²) >= 11 is 1.31. The van der Waals surface area contributed by atoms with Gasteiger partial charge in [-0.3, -0.25) is 9.59 Å². The van der Waals surface area contributed by atoms with E-state index in [1.807, 2.05) is 0 Å². The topological polar surface area (TPSA) is 58.2 Å². The Morgan fingerprint density at radius 1 is 1.15 bits per heavy atom. The van der Waals surface area contributed by atoms with Crippen LogP contribution >= 0.6 is 11.3 Å². The molecule has 0 spiro atoms. The van der Waals surface area contributed by atoms with Crippen molar-refractivity contribution in [1.29, 1.82) is 0 Å². The van der Waals surface area contributed by atoms with E-state index in [1.165, 1.54) is 23.5 Å². The lowest BCUT2D eigenvalue weighted by Crippen LogP contribution is -2.36. The zero-order valence-electron chi connectivity index (χ0n) is 10.6. The van der Waals surface area contributed by atoms with E-state index >= 15 is 0 Å². The van der Waals surface area contributed by atoms with Gasteiger partial charge in [-0.05, 0) is 29.1 Å². The molecule has 0 saturated carbocycles. The minimum Gasteiger partial charge on any atom is -0.350 e. The van der Waals surface area contributed by atoms with E-state index in [4.69, 9.17) is 0 Å². The SMILES string of the molecule is O=C(CNC(=O)c1cccs1)NCc1cccc(F)c1. The minimum atomic E-state index is -0.345. The summed E-state index contributed by atoms with van der Waals surface area (Å²) in [7, 11) is 0. The van der Waals surface area contributed by atoms with Crippen LogP contribution in [0.1, 0.15) is 15.2 Å². The Morgan fingerprint density at radius 2 is 2.00 bits per heavy atom. The highest BCUT2D eigenvalue weighted by atomic mass is 32.1. The van der Waals surface area contributed by atoms with Crippen molar-refractivity contribution < 1.29 is 14.0 Å². The van der Waals surface area contributed by atoms with Gasteiger partial charge < -0.3 is 10.6 Å². The number of carbonyl (C=O) groups excluding carboxylic acids is 2. The molecule has 1 aromatic carbocycles. The number of amides is 2. The third-order valence-electron chi connectivity index (χ3n) is 2.53. The Balaban J connectivity index is 1.74. The quantitative estimate of drug-likeness (QED) is 0.884. The third-order valence-corrected chi connectivity index (χ3v) is 3.40. The molecule has 0 fully saturated rings. The molecule has 6 heteroatoms. The molecule has 1 aromatic heterocycles. The Labute approximate surface area is 119 Å². The van der Waals surface area contributed by atoms with Crippen LogP contribution in [0.5, 0.6) is 0 Å². The van der Waals surface area contributed by atoms with Crippen molar-refractivity contribution in [3.05, 3.63) is 58.0 Å². The summed E-state index contributed by atoms with van der Waals surface area (Å²) in [5, 5.41) is 6.92. The molecular weight excluding hydrogens is 279 g/mol. The van der Waals surface area contributed by atoms with Crippen molar-refractivity contribution in [2.24, 2.45) is 0 Å². The zero-order valence-corrected chi connectivity index (χ0v) is 11.4. The van der Waals surface area contributed by atoms with Gasteiger partial charge in [-0.25, -0.2) is 4.39 Å². The first-order valence-electron chi connectivity index (χ1n) is 5.98. The molecule has 1 heterocycles. The molecule has 0 radical (unpaired) electrons. The number of thiophene rings is 1. The van der Waals surface area contributed by atoms with E-state index in [0.29, 0.717) is 10.4 Å². The number of halogens is 1. The number of nitrogens with one attached hydrogen (secondary N) is 2. The van der Waals surface area contributed by atoms with Crippen LogP contribution in [0, 0.1) is 5.82 Å². The van der Waals surface area contributed by atoms with Crippen molar-refractivity contribution in [2.45, 2.75) is 6.54 Å². The maximum atomic E-state index is 12.9. The second-order valence-corrected chi connectivity index (χ2v) is 5.01. The van der Waals surface area contributed by atoms with Crippen molar-refractivity contribution >= 4 is 23.2 Å². The first kappa shape index (κ1) is 14.2. The number of benzene rings is 1. The van der Waals surface area contributed by atoms with Gasteiger partial charge in [0.25, 0.3) is 5.91 Å². The van der Waals surface area contributed by atoms with Crippen LogP contribution < -0.4 is 10.6 Å². The Morgan fingerprint density at radius 3 is 2.70 bits per heavy atom. The highest BCUT2D eigenvalue weighted by molar-refractivity contribution is 7.12. The molecule has 2 aromatic rings. The highest BCUT2D eigenvalue weighted by Gasteiger charge is 2.08. The fourth-order valence-electron chi connectivity index (χ4n) is 1.57. The molecule has 104 valence electrons. The molecule has 2 N–H and O–H groups in total. The van der Waals surface area contributed by atoms with E-state index in [9.17, 15) is 14.0 Å². The lowest BCUT2D eigenvalue weighted by Gasteiger charge is -2.06. The molecule has 0 saturated heterocycles. The van der Waals surface area contributed by atoms with Gasteiger partial charge in [-0.15, -0.1) is 11.3 Å². The average molecular weight is 292 g/mol. The monoisotopic (exact) mass is 292 g/mol. The van der Waals surface area contributed by atoms with Crippen LogP contribution in [0.3, 0.4) is 0 Å². The number of hydrogen-bond acceptors (Lipinski definition) is 3. The minimum absolute atomic E-state index is 0.105. The molecule has 0 bridgehead atoms. The summed E-state index contributed by atoms with van der Waals surface area (Å²) in [6, 6.07) is 9.44. The summed E-state index contributed by atoms with van der Waals surface area (Å²) in [4.78, 5) is 23.7. The fraction of sp³-hybridized carbons (Fsp3) is 0.143. The van der Waals surface area contributed by atoms with Crippen molar-refractivity contribution in [2.75, 3.05) is 6.54 Å². The normalized spacial score (nSPS) is 10.1. The summed E-state index contributed by atoms with van der Waals surface area (Å²) in [5.41, 5.74) is 0.669. The molecule has 20 heavy (non-hydrogen) atoms. The molecule has 0 atom stereocenters. The lowest BCUT2D eigenvalue weighted by atomic mass is 10.2. The van der Waals surface area contributed by atoms with E-state index < -0.39 is 0 Å².